The van der Waals surface area contributed by atoms with Gasteiger partial charge in [-0.3, -0.25) is 13.9 Å². The summed E-state index contributed by atoms with van der Waals surface area (Å²) in [5, 5.41) is 0. The molecular weight excluding hydrogens is 348 g/mol. The van der Waals surface area contributed by atoms with Gasteiger partial charge in [0, 0.05) is 12.3 Å². The zero-order chi connectivity index (χ0) is 20.5. The van der Waals surface area contributed by atoms with Gasteiger partial charge in [-0.25, -0.2) is 4.79 Å². The molecule has 0 saturated heterocycles. The fourth-order valence-corrected chi connectivity index (χ4v) is 3.47. The van der Waals surface area contributed by atoms with Crippen LogP contribution in [-0.2, 0) is 18.5 Å². The van der Waals surface area contributed by atoms with Gasteiger partial charge in [0.15, 0.2) is 0 Å². The van der Waals surface area contributed by atoms with Crippen molar-refractivity contribution in [3.8, 4) is 0 Å². The van der Waals surface area contributed by atoms with Crippen LogP contribution in [0.5, 0.6) is 0 Å². The van der Waals surface area contributed by atoms with Gasteiger partial charge in [0.2, 0.25) is 0 Å². The zero-order valence-corrected chi connectivity index (χ0v) is 17.3. The minimum atomic E-state index is -0.286. The van der Waals surface area contributed by atoms with Crippen LogP contribution < -0.4 is 11.2 Å². The molecule has 0 aliphatic rings. The molecule has 0 spiro atoms. The molecule has 0 amide bonds. The molecule has 0 fully saturated rings. The first-order chi connectivity index (χ1) is 13.1. The van der Waals surface area contributed by atoms with Crippen LogP contribution >= 0.6 is 0 Å². The molecule has 4 heteroatoms. The van der Waals surface area contributed by atoms with Crippen LogP contribution in [0.25, 0.3) is 0 Å². The minimum absolute atomic E-state index is 0.0918. The van der Waals surface area contributed by atoms with Crippen molar-refractivity contribution in [1.82, 2.24) is 9.13 Å². The smallest absolute Gasteiger partial charge is 0.296 e. The number of aromatic nitrogens is 2. The summed E-state index contributed by atoms with van der Waals surface area (Å²) in [6.45, 7) is 11.3. The highest BCUT2D eigenvalue weighted by Gasteiger charge is 2.13. The lowest BCUT2D eigenvalue weighted by atomic mass is 9.87. The van der Waals surface area contributed by atoms with Crippen molar-refractivity contribution in [3.63, 3.8) is 0 Å². The van der Waals surface area contributed by atoms with Crippen molar-refractivity contribution in [3.05, 3.63) is 103 Å². The highest BCUT2D eigenvalue weighted by Crippen LogP contribution is 2.22. The highest BCUT2D eigenvalue weighted by molar-refractivity contribution is 5.29. The van der Waals surface area contributed by atoms with E-state index < -0.39 is 0 Å². The molecule has 0 aliphatic carbocycles. The fourth-order valence-electron chi connectivity index (χ4n) is 3.47. The molecule has 0 N–H and O–H groups in total. The predicted octanol–water partition coefficient (Wildman–Crippen LogP) is 4.02. The Bertz CT molecular complexity index is 1080. The standard InChI is InChI=1S/C24H28N2O2/c1-17-12-18(2)14-20(13-17)16-26-22(27)10-11-25(23(26)28)15-19-6-8-21(9-7-19)24(3,4)5/h6-14H,15-16H2,1-5H3. The van der Waals surface area contributed by atoms with Gasteiger partial charge in [-0.15, -0.1) is 0 Å². The molecule has 146 valence electrons. The van der Waals surface area contributed by atoms with E-state index in [0.29, 0.717) is 6.54 Å². The van der Waals surface area contributed by atoms with Crippen molar-refractivity contribution in [2.24, 2.45) is 0 Å². The molecule has 1 heterocycles. The normalized spacial score (nSPS) is 11.6. The topological polar surface area (TPSA) is 44.0 Å². The van der Waals surface area contributed by atoms with Crippen molar-refractivity contribution in [1.29, 1.82) is 0 Å². The largest absolute Gasteiger partial charge is 0.331 e. The van der Waals surface area contributed by atoms with E-state index in [1.54, 1.807) is 10.8 Å². The summed E-state index contributed by atoms with van der Waals surface area (Å²) in [6, 6.07) is 15.9. The first kappa shape index (κ1) is 19.9. The van der Waals surface area contributed by atoms with Crippen LogP contribution in [0.3, 0.4) is 0 Å². The average Bonchev–Trinajstić information content (AvgIpc) is 2.60. The Balaban J connectivity index is 1.90. The quantitative estimate of drug-likeness (QED) is 0.690. The molecule has 2 aromatic carbocycles. The van der Waals surface area contributed by atoms with Crippen molar-refractivity contribution in [2.75, 3.05) is 0 Å². The van der Waals surface area contributed by atoms with Crippen LogP contribution in [0.4, 0.5) is 0 Å². The maximum Gasteiger partial charge on any atom is 0.331 e. The number of hydrogen-bond donors (Lipinski definition) is 0. The Morgan fingerprint density at radius 3 is 1.96 bits per heavy atom. The van der Waals surface area contributed by atoms with Crippen molar-refractivity contribution in [2.45, 2.75) is 53.1 Å². The third-order valence-corrected chi connectivity index (χ3v) is 4.93. The van der Waals surface area contributed by atoms with Crippen molar-refractivity contribution >= 4 is 0 Å². The van der Waals surface area contributed by atoms with E-state index in [-0.39, 0.29) is 23.2 Å². The molecule has 0 radical (unpaired) electrons. The maximum absolute atomic E-state index is 12.9. The van der Waals surface area contributed by atoms with Gasteiger partial charge in [-0.05, 0) is 36.0 Å². The number of rotatable bonds is 4. The Hall–Kier alpha value is -2.88. The van der Waals surface area contributed by atoms with E-state index in [2.05, 4.69) is 39.0 Å². The van der Waals surface area contributed by atoms with Gasteiger partial charge in [0.25, 0.3) is 5.56 Å². The summed E-state index contributed by atoms with van der Waals surface area (Å²) in [6.07, 6.45) is 1.58. The van der Waals surface area contributed by atoms with Gasteiger partial charge < -0.3 is 0 Å². The fraction of sp³-hybridized carbons (Fsp3) is 0.333. The molecule has 0 aliphatic heterocycles. The van der Waals surface area contributed by atoms with Crippen LogP contribution in [0.1, 0.15) is 48.6 Å². The van der Waals surface area contributed by atoms with Crippen LogP contribution in [0.15, 0.2) is 64.3 Å². The second kappa shape index (κ2) is 7.63. The Morgan fingerprint density at radius 1 is 0.786 bits per heavy atom. The average molecular weight is 377 g/mol. The number of aryl methyl sites for hydroxylation is 2. The minimum Gasteiger partial charge on any atom is -0.296 e. The molecule has 0 saturated carbocycles. The lowest BCUT2D eigenvalue weighted by molar-refractivity contribution is 0.588. The van der Waals surface area contributed by atoms with Crippen LogP contribution in [-0.4, -0.2) is 9.13 Å². The van der Waals surface area contributed by atoms with Crippen LogP contribution in [0, 0.1) is 13.8 Å². The van der Waals surface area contributed by atoms with Gasteiger partial charge in [0.1, 0.15) is 0 Å². The molecular formula is C24H28N2O2. The van der Waals surface area contributed by atoms with Crippen LogP contribution in [0.2, 0.25) is 0 Å². The van der Waals surface area contributed by atoms with Crippen molar-refractivity contribution < 1.29 is 0 Å². The first-order valence-electron chi connectivity index (χ1n) is 9.60. The summed E-state index contributed by atoms with van der Waals surface area (Å²) in [5.41, 5.74) is 5.03. The summed E-state index contributed by atoms with van der Waals surface area (Å²) in [7, 11) is 0. The van der Waals surface area contributed by atoms with Gasteiger partial charge in [0.05, 0.1) is 13.1 Å². The number of hydrogen-bond acceptors (Lipinski definition) is 2. The van der Waals surface area contributed by atoms with E-state index in [1.807, 2.05) is 38.1 Å². The van der Waals surface area contributed by atoms with Gasteiger partial charge >= 0.3 is 5.69 Å². The summed E-state index contributed by atoms with van der Waals surface area (Å²) in [4.78, 5) is 25.2. The molecule has 0 atom stereocenters. The molecule has 1 aromatic heterocycles. The molecule has 28 heavy (non-hydrogen) atoms. The Labute approximate surface area is 166 Å². The SMILES string of the molecule is Cc1cc(C)cc(Cn2c(=O)ccn(Cc3ccc(C(C)(C)C)cc3)c2=O)c1. The first-order valence-corrected chi connectivity index (χ1v) is 9.60. The Kier molecular flexibility index (Phi) is 5.41. The third kappa shape index (κ3) is 4.50. The second-order valence-electron chi connectivity index (χ2n) is 8.59. The van der Waals surface area contributed by atoms with E-state index in [1.165, 1.54) is 16.2 Å². The summed E-state index contributed by atoms with van der Waals surface area (Å²) < 4.78 is 2.90. The Morgan fingerprint density at radius 2 is 1.39 bits per heavy atom. The molecule has 3 rings (SSSR count). The maximum atomic E-state index is 12.9. The number of nitrogens with zero attached hydrogens (tertiary/aromatic N) is 2. The zero-order valence-electron chi connectivity index (χ0n) is 17.3. The molecule has 0 unspecified atom stereocenters. The highest BCUT2D eigenvalue weighted by atomic mass is 16.2. The molecule has 0 bridgehead atoms. The van der Waals surface area contributed by atoms with E-state index in [9.17, 15) is 9.59 Å². The number of benzene rings is 2. The van der Waals surface area contributed by atoms with E-state index in [4.69, 9.17) is 0 Å². The monoisotopic (exact) mass is 376 g/mol. The van der Waals surface area contributed by atoms with E-state index >= 15 is 0 Å². The summed E-state index contributed by atoms with van der Waals surface area (Å²) >= 11 is 0. The van der Waals surface area contributed by atoms with Gasteiger partial charge in [-0.1, -0.05) is 74.4 Å². The van der Waals surface area contributed by atoms with Gasteiger partial charge in [-0.2, -0.15) is 0 Å². The molecule has 3 aromatic rings. The predicted molar refractivity (Wildman–Crippen MR) is 114 cm³/mol. The van der Waals surface area contributed by atoms with E-state index in [0.717, 1.165) is 22.3 Å². The second-order valence-corrected chi connectivity index (χ2v) is 8.59. The molecule has 4 nitrogen and oxygen atoms in total. The lowest BCUT2D eigenvalue weighted by Crippen LogP contribution is -2.39. The lowest BCUT2D eigenvalue weighted by Gasteiger charge is -2.19. The summed E-state index contributed by atoms with van der Waals surface area (Å²) in [5.74, 6) is 0. The third-order valence-electron chi connectivity index (χ3n) is 4.93.